The van der Waals surface area contributed by atoms with Crippen LogP contribution in [-0.4, -0.2) is 58.9 Å². The number of urea groups is 1. The molecule has 9 nitrogen and oxygen atoms in total. The molecule has 4 heterocycles. The number of hydrogen-bond donors (Lipinski definition) is 1. The Bertz CT molecular complexity index is 1200. The van der Waals surface area contributed by atoms with Crippen molar-refractivity contribution in [2.45, 2.75) is 0 Å². The summed E-state index contributed by atoms with van der Waals surface area (Å²) in [5, 5.41) is 8.23. The van der Waals surface area contributed by atoms with E-state index in [9.17, 15) is 4.79 Å². The predicted molar refractivity (Wildman–Crippen MR) is 105 cm³/mol. The van der Waals surface area contributed by atoms with E-state index in [0.29, 0.717) is 43.5 Å². The van der Waals surface area contributed by atoms with Crippen molar-refractivity contribution in [1.29, 1.82) is 0 Å². The predicted octanol–water partition coefficient (Wildman–Crippen LogP) is 2.56. The molecule has 0 saturated carbocycles. The highest BCUT2D eigenvalue weighted by molar-refractivity contribution is 5.83. The zero-order chi connectivity index (χ0) is 19.8. The number of rotatable bonds is 6. The lowest BCUT2D eigenvalue weighted by atomic mass is 10.2. The molecule has 0 unspecified atom stereocenters. The number of imidazole rings is 1. The molecule has 0 radical (unpaired) electrons. The molecule has 0 spiro atoms. The number of aromatic nitrogens is 3. The first-order valence-electron chi connectivity index (χ1n) is 9.29. The van der Waals surface area contributed by atoms with Crippen LogP contribution < -0.4 is 14.8 Å². The van der Waals surface area contributed by atoms with Crippen LogP contribution in [0.5, 0.6) is 11.6 Å². The van der Waals surface area contributed by atoms with E-state index in [4.69, 9.17) is 13.9 Å². The van der Waals surface area contributed by atoms with Crippen LogP contribution >= 0.6 is 0 Å². The van der Waals surface area contributed by atoms with Gasteiger partial charge in [0, 0.05) is 24.5 Å². The Labute approximate surface area is 165 Å². The summed E-state index contributed by atoms with van der Waals surface area (Å²) in [5.74, 6) is 1.87. The molecule has 148 valence electrons. The zero-order valence-corrected chi connectivity index (χ0v) is 15.8. The Hall–Kier alpha value is -3.75. The second-order valence-corrected chi connectivity index (χ2v) is 6.67. The fourth-order valence-corrected chi connectivity index (χ4v) is 3.36. The van der Waals surface area contributed by atoms with Gasteiger partial charge in [0.05, 0.1) is 19.9 Å². The van der Waals surface area contributed by atoms with Crippen LogP contribution in [0.4, 0.5) is 4.79 Å². The van der Waals surface area contributed by atoms with Gasteiger partial charge in [-0.1, -0.05) is 0 Å². The van der Waals surface area contributed by atoms with Crippen molar-refractivity contribution in [3.8, 4) is 23.1 Å². The lowest BCUT2D eigenvalue weighted by Gasteiger charge is -2.14. The summed E-state index contributed by atoms with van der Waals surface area (Å²) in [4.78, 5) is 17.7. The fraction of sp³-hybridized carbons (Fsp3) is 0.250. The van der Waals surface area contributed by atoms with E-state index in [-0.39, 0.29) is 6.03 Å². The van der Waals surface area contributed by atoms with Crippen LogP contribution in [0.3, 0.4) is 0 Å². The van der Waals surface area contributed by atoms with E-state index in [1.807, 2.05) is 30.3 Å². The molecular formula is C20H19N5O4. The summed E-state index contributed by atoms with van der Waals surface area (Å²) in [7, 11) is 1.63. The third-order valence-electron chi connectivity index (χ3n) is 4.87. The van der Waals surface area contributed by atoms with Crippen molar-refractivity contribution in [2.75, 3.05) is 33.4 Å². The van der Waals surface area contributed by atoms with Gasteiger partial charge in [-0.15, -0.1) is 5.10 Å². The standard InChI is InChI=1S/C20H19N5O4/c1-27-14-2-3-16-13(10-14)11-17(29-16)15-12-22-18-4-5-19(23-25(15)18)28-9-8-24-7-6-21-20(24)26/h2-5,10-12H,6-9H2,1H3,(H,21,26). The number of amides is 2. The maximum atomic E-state index is 11.6. The van der Waals surface area contributed by atoms with Crippen LogP contribution in [-0.2, 0) is 0 Å². The molecule has 1 saturated heterocycles. The lowest BCUT2D eigenvalue weighted by Crippen LogP contribution is -2.31. The lowest BCUT2D eigenvalue weighted by molar-refractivity contribution is 0.200. The summed E-state index contributed by atoms with van der Waals surface area (Å²) >= 11 is 0. The Morgan fingerprint density at radius 1 is 1.24 bits per heavy atom. The van der Waals surface area contributed by atoms with Gasteiger partial charge in [0.1, 0.15) is 23.6 Å². The first kappa shape index (κ1) is 17.4. The van der Waals surface area contributed by atoms with Crippen LogP contribution in [0, 0.1) is 0 Å². The number of fused-ring (bicyclic) bond motifs is 2. The molecule has 1 aliphatic heterocycles. The number of ether oxygens (including phenoxy) is 2. The Morgan fingerprint density at radius 2 is 2.17 bits per heavy atom. The Morgan fingerprint density at radius 3 is 3.00 bits per heavy atom. The van der Waals surface area contributed by atoms with Crippen molar-refractivity contribution in [1.82, 2.24) is 24.8 Å². The van der Waals surface area contributed by atoms with Crippen molar-refractivity contribution in [3.63, 3.8) is 0 Å². The van der Waals surface area contributed by atoms with Crippen molar-refractivity contribution < 1.29 is 18.7 Å². The summed E-state index contributed by atoms with van der Waals surface area (Å²) < 4.78 is 18.7. The largest absolute Gasteiger partial charge is 0.497 e. The quantitative estimate of drug-likeness (QED) is 0.541. The van der Waals surface area contributed by atoms with Crippen molar-refractivity contribution >= 4 is 22.6 Å². The highest BCUT2D eigenvalue weighted by atomic mass is 16.5. The summed E-state index contributed by atoms with van der Waals surface area (Å²) in [5.41, 5.74) is 2.16. The average Bonchev–Trinajstić information content (AvgIpc) is 3.45. The molecule has 0 bridgehead atoms. The van der Waals surface area contributed by atoms with E-state index < -0.39 is 0 Å². The number of methoxy groups -OCH3 is 1. The molecule has 1 aromatic carbocycles. The monoisotopic (exact) mass is 393 g/mol. The maximum Gasteiger partial charge on any atom is 0.317 e. The molecule has 5 rings (SSSR count). The van der Waals surface area contributed by atoms with Gasteiger partial charge >= 0.3 is 6.03 Å². The van der Waals surface area contributed by atoms with E-state index >= 15 is 0 Å². The third kappa shape index (κ3) is 3.20. The van der Waals surface area contributed by atoms with Gasteiger partial charge in [0.25, 0.3) is 0 Å². The normalized spacial score (nSPS) is 14.0. The highest BCUT2D eigenvalue weighted by Gasteiger charge is 2.19. The van der Waals surface area contributed by atoms with Gasteiger partial charge < -0.3 is 24.1 Å². The van der Waals surface area contributed by atoms with Crippen LogP contribution in [0.25, 0.3) is 28.1 Å². The molecule has 4 aromatic rings. The summed E-state index contributed by atoms with van der Waals surface area (Å²) in [6.07, 6.45) is 1.72. The van der Waals surface area contributed by atoms with Gasteiger partial charge in [0.15, 0.2) is 11.4 Å². The number of furan rings is 1. The maximum absolute atomic E-state index is 11.6. The summed E-state index contributed by atoms with van der Waals surface area (Å²) in [6, 6.07) is 11.1. The minimum Gasteiger partial charge on any atom is -0.497 e. The number of nitrogens with one attached hydrogen (secondary N) is 1. The first-order chi connectivity index (χ1) is 14.2. The van der Waals surface area contributed by atoms with Crippen molar-refractivity contribution in [3.05, 3.63) is 42.6 Å². The number of benzene rings is 1. The van der Waals surface area contributed by atoms with E-state index in [1.54, 1.807) is 28.8 Å². The molecule has 29 heavy (non-hydrogen) atoms. The van der Waals surface area contributed by atoms with Crippen LogP contribution in [0.2, 0.25) is 0 Å². The van der Waals surface area contributed by atoms with Gasteiger partial charge in [-0.2, -0.15) is 0 Å². The second-order valence-electron chi connectivity index (χ2n) is 6.67. The average molecular weight is 393 g/mol. The molecule has 1 fully saturated rings. The molecular weight excluding hydrogens is 374 g/mol. The van der Waals surface area contributed by atoms with Crippen molar-refractivity contribution in [2.24, 2.45) is 0 Å². The molecule has 1 N–H and O–H groups in total. The molecule has 3 aromatic heterocycles. The van der Waals surface area contributed by atoms with Gasteiger partial charge in [0.2, 0.25) is 5.88 Å². The number of carbonyl (C=O) groups is 1. The van der Waals surface area contributed by atoms with Crippen LogP contribution in [0.15, 0.2) is 47.0 Å². The number of nitrogens with zero attached hydrogens (tertiary/aromatic N) is 4. The molecule has 0 aliphatic carbocycles. The van der Waals surface area contributed by atoms with E-state index in [0.717, 1.165) is 22.4 Å². The summed E-state index contributed by atoms with van der Waals surface area (Å²) in [6.45, 7) is 2.23. The molecule has 0 atom stereocenters. The first-order valence-corrected chi connectivity index (χ1v) is 9.29. The number of hydrogen-bond acceptors (Lipinski definition) is 6. The highest BCUT2D eigenvalue weighted by Crippen LogP contribution is 2.30. The third-order valence-corrected chi connectivity index (χ3v) is 4.87. The van der Waals surface area contributed by atoms with E-state index in [1.165, 1.54) is 0 Å². The smallest absolute Gasteiger partial charge is 0.317 e. The minimum absolute atomic E-state index is 0.0598. The molecule has 9 heteroatoms. The second kappa shape index (κ2) is 7.01. The van der Waals surface area contributed by atoms with Gasteiger partial charge in [-0.25, -0.2) is 14.3 Å². The topological polar surface area (TPSA) is 94.1 Å². The van der Waals surface area contributed by atoms with E-state index in [2.05, 4.69) is 15.4 Å². The molecule has 2 amide bonds. The minimum atomic E-state index is -0.0598. The molecule has 1 aliphatic rings. The SMILES string of the molecule is COc1ccc2oc(-c3cnc4ccc(OCCN5CCNC5=O)nn34)cc2c1. The fourth-order valence-electron chi connectivity index (χ4n) is 3.36. The Kier molecular flexibility index (Phi) is 4.19. The Balaban J connectivity index is 1.40. The zero-order valence-electron chi connectivity index (χ0n) is 15.8. The van der Waals surface area contributed by atoms with Gasteiger partial charge in [-0.05, 0) is 30.3 Å². The number of carbonyl (C=O) groups excluding carboxylic acids is 1. The van der Waals surface area contributed by atoms with Crippen LogP contribution in [0.1, 0.15) is 0 Å². The van der Waals surface area contributed by atoms with Gasteiger partial charge in [-0.3, -0.25) is 0 Å².